The van der Waals surface area contributed by atoms with Crippen molar-refractivity contribution in [3.8, 4) is 0 Å². The summed E-state index contributed by atoms with van der Waals surface area (Å²) < 4.78 is 1.03. The van der Waals surface area contributed by atoms with Gasteiger partial charge in [0.15, 0.2) is 0 Å². The molecule has 0 amide bonds. The lowest BCUT2D eigenvalue weighted by molar-refractivity contribution is -0.119. The van der Waals surface area contributed by atoms with Gasteiger partial charge in [0, 0.05) is 16.8 Å². The lowest BCUT2D eigenvalue weighted by Gasteiger charge is -2.15. The van der Waals surface area contributed by atoms with Crippen LogP contribution in [0.5, 0.6) is 0 Å². The molecule has 0 N–H and O–H groups in total. The van der Waals surface area contributed by atoms with Crippen LogP contribution in [-0.2, 0) is 11.2 Å². The largest absolute Gasteiger partial charge is 0.299 e. The van der Waals surface area contributed by atoms with Gasteiger partial charge >= 0.3 is 0 Å². The molecule has 0 fully saturated rings. The molecule has 0 spiro atoms. The molecule has 1 atom stereocenters. The van der Waals surface area contributed by atoms with E-state index in [4.69, 9.17) is 0 Å². The van der Waals surface area contributed by atoms with Gasteiger partial charge in [-0.15, -0.1) is 0 Å². The number of Topliss-reactive ketones (excluding diaryl/α,β-unsaturated/α-hetero) is 1. The zero-order valence-electron chi connectivity index (χ0n) is 13.1. The number of ketones is 1. The predicted molar refractivity (Wildman–Crippen MR) is 96.1 cm³/mol. The third-order valence-corrected chi connectivity index (χ3v) is 4.17. The van der Waals surface area contributed by atoms with Crippen molar-refractivity contribution in [3.05, 3.63) is 81.8 Å². The van der Waals surface area contributed by atoms with Crippen LogP contribution in [0.2, 0.25) is 0 Å². The molecule has 0 bridgehead atoms. The molecule has 1 nitrogen and oxygen atoms in total. The lowest BCUT2D eigenvalue weighted by atomic mass is 9.88. The number of benzene rings is 2. The van der Waals surface area contributed by atoms with Gasteiger partial charge in [0.05, 0.1) is 0 Å². The normalized spacial score (nSPS) is 11.8. The van der Waals surface area contributed by atoms with Gasteiger partial charge < -0.3 is 0 Å². The monoisotopic (exact) mass is 356 g/mol. The molecule has 0 saturated carbocycles. The minimum absolute atomic E-state index is 0.0804. The van der Waals surface area contributed by atoms with E-state index in [1.54, 1.807) is 0 Å². The first-order valence-corrected chi connectivity index (χ1v) is 8.31. The van der Waals surface area contributed by atoms with E-state index >= 15 is 0 Å². The predicted octanol–water partition coefficient (Wildman–Crippen LogP) is 5.70. The molecule has 0 aliphatic rings. The van der Waals surface area contributed by atoms with Crippen LogP contribution in [0.4, 0.5) is 0 Å². The number of halogens is 1. The van der Waals surface area contributed by atoms with Crippen LogP contribution in [0.1, 0.15) is 37.3 Å². The molecular weight excluding hydrogens is 336 g/mol. The van der Waals surface area contributed by atoms with Crippen LogP contribution < -0.4 is 0 Å². The Morgan fingerprint density at radius 2 is 1.68 bits per heavy atom. The summed E-state index contributed by atoms with van der Waals surface area (Å²) in [6.07, 6.45) is 3.39. The highest BCUT2D eigenvalue weighted by molar-refractivity contribution is 9.10. The molecule has 0 aliphatic heterocycles. The van der Waals surface area contributed by atoms with Crippen LogP contribution in [0.15, 0.2) is 70.7 Å². The summed E-state index contributed by atoms with van der Waals surface area (Å²) in [6.45, 7) is 4.14. The van der Waals surface area contributed by atoms with Crippen molar-refractivity contribution in [2.24, 2.45) is 0 Å². The second-order valence-electron chi connectivity index (χ2n) is 5.75. The third-order valence-electron chi connectivity index (χ3n) is 3.64. The molecule has 0 heterocycles. The molecule has 1 unspecified atom stereocenters. The number of allylic oxidation sites excluding steroid dienone is 2. The fourth-order valence-corrected chi connectivity index (χ4v) is 2.69. The molecule has 0 saturated heterocycles. The van der Waals surface area contributed by atoms with Crippen LogP contribution in [-0.4, -0.2) is 5.78 Å². The van der Waals surface area contributed by atoms with E-state index in [1.165, 1.54) is 5.57 Å². The summed E-state index contributed by atoms with van der Waals surface area (Å²) in [5.41, 5.74) is 3.41. The second kappa shape index (κ2) is 8.09. The number of carbonyl (C=O) groups excluding carboxylic acids is 1. The second-order valence-corrected chi connectivity index (χ2v) is 6.67. The fraction of sp³-hybridized carbons (Fsp3) is 0.250. The Labute approximate surface area is 141 Å². The highest BCUT2D eigenvalue weighted by atomic mass is 79.9. The number of carbonyl (C=O) groups is 1. The molecule has 2 heteroatoms. The van der Waals surface area contributed by atoms with Crippen LogP contribution in [0.3, 0.4) is 0 Å². The highest BCUT2D eigenvalue weighted by Crippen LogP contribution is 2.25. The molecule has 2 aromatic rings. The molecule has 2 aromatic carbocycles. The lowest BCUT2D eigenvalue weighted by Crippen LogP contribution is -2.15. The Bertz CT molecular complexity index is 637. The van der Waals surface area contributed by atoms with Crippen molar-refractivity contribution in [3.63, 3.8) is 0 Å². The molecular formula is C20H21BrO. The quantitative estimate of drug-likeness (QED) is 0.606. The van der Waals surface area contributed by atoms with E-state index in [9.17, 15) is 4.79 Å². The average Bonchev–Trinajstić information content (AvgIpc) is 2.50. The summed E-state index contributed by atoms with van der Waals surface area (Å²) in [4.78, 5) is 12.8. The third kappa shape index (κ3) is 4.96. The van der Waals surface area contributed by atoms with Crippen molar-refractivity contribution in [1.82, 2.24) is 0 Å². The van der Waals surface area contributed by atoms with Gasteiger partial charge in [0.1, 0.15) is 5.78 Å². The first kappa shape index (κ1) is 16.7. The first-order valence-electron chi connectivity index (χ1n) is 7.51. The van der Waals surface area contributed by atoms with E-state index in [0.29, 0.717) is 6.42 Å². The molecule has 114 valence electrons. The van der Waals surface area contributed by atoms with Gasteiger partial charge in [-0.3, -0.25) is 4.79 Å². The Kier molecular flexibility index (Phi) is 6.14. The van der Waals surface area contributed by atoms with Gasteiger partial charge in [-0.25, -0.2) is 0 Å². The van der Waals surface area contributed by atoms with E-state index in [2.05, 4.69) is 35.9 Å². The van der Waals surface area contributed by atoms with Crippen LogP contribution in [0.25, 0.3) is 0 Å². The Morgan fingerprint density at radius 3 is 2.27 bits per heavy atom. The van der Waals surface area contributed by atoms with Crippen molar-refractivity contribution >= 4 is 21.7 Å². The minimum Gasteiger partial charge on any atom is -0.299 e. The van der Waals surface area contributed by atoms with Crippen molar-refractivity contribution in [2.45, 2.75) is 32.6 Å². The summed E-state index contributed by atoms with van der Waals surface area (Å²) in [7, 11) is 0. The van der Waals surface area contributed by atoms with Crippen molar-refractivity contribution in [2.75, 3.05) is 0 Å². The van der Waals surface area contributed by atoms with Crippen molar-refractivity contribution < 1.29 is 4.79 Å². The molecule has 22 heavy (non-hydrogen) atoms. The van der Waals surface area contributed by atoms with Gasteiger partial charge in [-0.1, -0.05) is 70.0 Å². The Balaban J connectivity index is 2.21. The maximum Gasteiger partial charge on any atom is 0.145 e. The highest BCUT2D eigenvalue weighted by Gasteiger charge is 2.19. The number of rotatable bonds is 6. The summed E-state index contributed by atoms with van der Waals surface area (Å²) >= 11 is 3.45. The van der Waals surface area contributed by atoms with E-state index in [1.807, 2.05) is 54.6 Å². The van der Waals surface area contributed by atoms with E-state index in [-0.39, 0.29) is 11.7 Å². The molecule has 0 radical (unpaired) electrons. The zero-order chi connectivity index (χ0) is 15.9. The fourth-order valence-electron chi connectivity index (χ4n) is 2.42. The molecule has 0 aromatic heterocycles. The average molecular weight is 357 g/mol. The maximum atomic E-state index is 12.8. The number of hydrogen-bond donors (Lipinski definition) is 0. The smallest absolute Gasteiger partial charge is 0.145 e. The zero-order valence-corrected chi connectivity index (χ0v) is 14.6. The van der Waals surface area contributed by atoms with Crippen molar-refractivity contribution in [1.29, 1.82) is 0 Å². The van der Waals surface area contributed by atoms with Gasteiger partial charge in [-0.2, -0.15) is 0 Å². The minimum atomic E-state index is -0.0804. The Hall–Kier alpha value is -1.67. The molecule has 2 rings (SSSR count). The SMILES string of the molecule is CC(C)=CCC(C(=O)Cc1ccccc1)c1ccc(Br)cc1. The summed E-state index contributed by atoms with van der Waals surface area (Å²) in [6, 6.07) is 18.0. The van der Waals surface area contributed by atoms with Gasteiger partial charge in [0.2, 0.25) is 0 Å². The Morgan fingerprint density at radius 1 is 1.05 bits per heavy atom. The van der Waals surface area contributed by atoms with Gasteiger partial charge in [0.25, 0.3) is 0 Å². The van der Waals surface area contributed by atoms with E-state index < -0.39 is 0 Å². The summed E-state index contributed by atoms with van der Waals surface area (Å²) in [5, 5.41) is 0. The molecule has 0 aliphatic carbocycles. The van der Waals surface area contributed by atoms with Crippen LogP contribution >= 0.6 is 15.9 Å². The number of hydrogen-bond acceptors (Lipinski definition) is 1. The maximum absolute atomic E-state index is 12.8. The topological polar surface area (TPSA) is 17.1 Å². The summed E-state index contributed by atoms with van der Waals surface area (Å²) in [5.74, 6) is 0.189. The van der Waals surface area contributed by atoms with Crippen LogP contribution in [0, 0.1) is 0 Å². The van der Waals surface area contributed by atoms with Gasteiger partial charge in [-0.05, 0) is 43.5 Å². The standard InChI is InChI=1S/C20H21BrO/c1-15(2)8-13-19(17-9-11-18(21)12-10-17)20(22)14-16-6-4-3-5-7-16/h3-12,19H,13-14H2,1-2H3. The first-order chi connectivity index (χ1) is 10.6. The van der Waals surface area contributed by atoms with E-state index in [0.717, 1.165) is 22.0 Å².